The van der Waals surface area contributed by atoms with Crippen LogP contribution in [0.2, 0.25) is 0 Å². The molecule has 1 amide bonds. The van der Waals surface area contributed by atoms with Gasteiger partial charge in [0, 0.05) is 43.4 Å². The maximum absolute atomic E-state index is 14.0. The summed E-state index contributed by atoms with van der Waals surface area (Å²) in [5.74, 6) is -1.56. The molecule has 2 heterocycles. The van der Waals surface area contributed by atoms with Gasteiger partial charge in [0.2, 0.25) is 6.29 Å². The number of anilines is 1. The van der Waals surface area contributed by atoms with Crippen LogP contribution in [0.15, 0.2) is 71.2 Å². The zero-order valence-corrected chi connectivity index (χ0v) is 24.2. The molecule has 0 fully saturated rings. The van der Waals surface area contributed by atoms with Crippen LogP contribution in [0.25, 0.3) is 5.69 Å². The van der Waals surface area contributed by atoms with Gasteiger partial charge in [-0.15, -0.1) is 0 Å². The molecular weight excluding hydrogens is 542 g/mol. The lowest BCUT2D eigenvalue weighted by atomic mass is 9.81. The van der Waals surface area contributed by atoms with Gasteiger partial charge in [0.1, 0.15) is 5.75 Å². The van der Waals surface area contributed by atoms with E-state index in [-0.39, 0.29) is 41.9 Å². The molecule has 0 unspecified atom stereocenters. The lowest BCUT2D eigenvalue weighted by Gasteiger charge is -2.36. The van der Waals surface area contributed by atoms with Crippen molar-refractivity contribution in [1.29, 1.82) is 0 Å². The second kappa shape index (κ2) is 14.8. The van der Waals surface area contributed by atoms with Crippen LogP contribution >= 0.6 is 0 Å². The fourth-order valence-electron chi connectivity index (χ4n) is 5.11. The number of nitrogens with one attached hydrogen (secondary N) is 1. The standard InChI is InChI=1S/C31H39N3O8/c1-4-41-31-23(14-16-39-18-19-40-17-15-35)24(20-27(42-31)29(37)32-25-12-8-9-13-26(25)36)28-21(2)33(3)34(30(28)38)22-10-6-5-7-11-22/h5-13,20,23-24,31,35-36H,4,14-19H2,1-3H3,(H,32,37)/t23-,24-,31+/m1/s1. The van der Waals surface area contributed by atoms with Gasteiger partial charge in [0.15, 0.2) is 5.76 Å². The molecule has 1 aromatic heterocycles. The summed E-state index contributed by atoms with van der Waals surface area (Å²) < 4.78 is 26.6. The lowest BCUT2D eigenvalue weighted by molar-refractivity contribution is -0.166. The normalized spacial score (nSPS) is 18.4. The van der Waals surface area contributed by atoms with Crippen molar-refractivity contribution < 1.29 is 34.0 Å². The number of phenols is 1. The Labute approximate surface area is 244 Å². The van der Waals surface area contributed by atoms with E-state index in [4.69, 9.17) is 24.1 Å². The van der Waals surface area contributed by atoms with E-state index in [0.717, 1.165) is 11.4 Å². The van der Waals surface area contributed by atoms with Crippen molar-refractivity contribution in [3.63, 3.8) is 0 Å². The third kappa shape index (κ3) is 7.11. The van der Waals surface area contributed by atoms with Crippen molar-refractivity contribution in [3.05, 3.63) is 88.0 Å². The molecule has 11 nitrogen and oxygen atoms in total. The highest BCUT2D eigenvalue weighted by Crippen LogP contribution is 2.39. The Morgan fingerprint density at radius 2 is 1.71 bits per heavy atom. The Morgan fingerprint density at radius 1 is 1.02 bits per heavy atom. The monoisotopic (exact) mass is 581 g/mol. The number of benzene rings is 2. The fraction of sp³-hybridized carbons (Fsp3) is 0.419. The molecular formula is C31H39N3O8. The van der Waals surface area contributed by atoms with Crippen LogP contribution in [0.3, 0.4) is 0 Å². The Bertz CT molecular complexity index is 1420. The number of aromatic nitrogens is 2. The topological polar surface area (TPSA) is 133 Å². The number of phenolic OH excluding ortho intramolecular Hbond substituents is 1. The second-order valence-electron chi connectivity index (χ2n) is 9.85. The minimum absolute atomic E-state index is 0.00908. The minimum Gasteiger partial charge on any atom is -0.506 e. The van der Waals surface area contributed by atoms with Gasteiger partial charge in [0.25, 0.3) is 11.5 Å². The van der Waals surface area contributed by atoms with Gasteiger partial charge < -0.3 is 34.5 Å². The van der Waals surface area contributed by atoms with Gasteiger partial charge in [-0.25, -0.2) is 4.68 Å². The van der Waals surface area contributed by atoms with Crippen LogP contribution < -0.4 is 10.9 Å². The smallest absolute Gasteiger partial charge is 0.290 e. The molecule has 3 atom stereocenters. The van der Waals surface area contributed by atoms with E-state index in [1.54, 1.807) is 33.6 Å². The van der Waals surface area contributed by atoms with Gasteiger partial charge in [-0.05, 0) is 50.6 Å². The van der Waals surface area contributed by atoms with Crippen molar-refractivity contribution in [3.8, 4) is 11.4 Å². The first-order valence-corrected chi connectivity index (χ1v) is 14.1. The number of carbonyl (C=O) groups is 1. The summed E-state index contributed by atoms with van der Waals surface area (Å²) in [4.78, 5) is 27.4. The number of allylic oxidation sites excluding steroid dienone is 1. The number of carbonyl (C=O) groups excluding carboxylic acids is 1. The van der Waals surface area contributed by atoms with Crippen LogP contribution in [0, 0.1) is 12.8 Å². The number of aliphatic hydroxyl groups excluding tert-OH is 1. The quantitative estimate of drug-likeness (QED) is 0.195. The van der Waals surface area contributed by atoms with Crippen molar-refractivity contribution in [2.45, 2.75) is 32.5 Å². The third-order valence-electron chi connectivity index (χ3n) is 7.23. The molecule has 2 aromatic carbocycles. The summed E-state index contributed by atoms with van der Waals surface area (Å²) >= 11 is 0. The number of nitrogens with zero attached hydrogens (tertiary/aromatic N) is 2. The second-order valence-corrected chi connectivity index (χ2v) is 9.85. The molecule has 0 radical (unpaired) electrons. The summed E-state index contributed by atoms with van der Waals surface area (Å²) in [7, 11) is 1.83. The summed E-state index contributed by atoms with van der Waals surface area (Å²) in [5.41, 5.74) is 2.02. The van der Waals surface area contributed by atoms with E-state index in [1.807, 2.05) is 51.2 Å². The van der Waals surface area contributed by atoms with E-state index in [1.165, 1.54) is 6.07 Å². The number of amides is 1. The predicted octanol–water partition coefficient (Wildman–Crippen LogP) is 3.22. The Morgan fingerprint density at radius 3 is 2.40 bits per heavy atom. The Kier molecular flexibility index (Phi) is 11.0. The number of hydrogen-bond donors (Lipinski definition) is 3. The van der Waals surface area contributed by atoms with E-state index in [2.05, 4.69) is 5.32 Å². The maximum atomic E-state index is 14.0. The number of ether oxygens (including phenoxy) is 4. The summed E-state index contributed by atoms with van der Waals surface area (Å²) in [6, 6.07) is 15.8. The molecule has 1 aliphatic heterocycles. The van der Waals surface area contributed by atoms with E-state index in [9.17, 15) is 14.7 Å². The SMILES string of the molecule is CCO[C@H]1OC(C(=O)Nc2ccccc2O)=C[C@@H](c2c(C)n(C)n(-c3ccccc3)c2=O)[C@H]1CCOCCOCCO. The molecule has 3 aromatic rings. The summed E-state index contributed by atoms with van der Waals surface area (Å²) in [6.45, 7) is 5.24. The lowest BCUT2D eigenvalue weighted by Crippen LogP contribution is -2.39. The molecule has 0 bridgehead atoms. The molecule has 0 spiro atoms. The Balaban J connectivity index is 1.71. The summed E-state index contributed by atoms with van der Waals surface area (Å²) in [6.07, 6.45) is 1.30. The van der Waals surface area contributed by atoms with Gasteiger partial charge >= 0.3 is 0 Å². The van der Waals surface area contributed by atoms with E-state index >= 15 is 0 Å². The maximum Gasteiger partial charge on any atom is 0.290 e. The molecule has 0 saturated carbocycles. The minimum atomic E-state index is -0.839. The van der Waals surface area contributed by atoms with Crippen LogP contribution in [0.5, 0.6) is 5.75 Å². The van der Waals surface area contributed by atoms with Crippen LogP contribution in [-0.4, -0.2) is 71.4 Å². The van der Waals surface area contributed by atoms with Crippen molar-refractivity contribution in [1.82, 2.24) is 9.36 Å². The first-order valence-electron chi connectivity index (χ1n) is 14.1. The number of aromatic hydroxyl groups is 1. The first-order chi connectivity index (χ1) is 20.4. The zero-order valence-electron chi connectivity index (χ0n) is 24.2. The van der Waals surface area contributed by atoms with E-state index in [0.29, 0.717) is 38.4 Å². The van der Waals surface area contributed by atoms with Crippen LogP contribution in [0.4, 0.5) is 5.69 Å². The molecule has 42 heavy (non-hydrogen) atoms. The highest BCUT2D eigenvalue weighted by molar-refractivity contribution is 6.03. The molecule has 226 valence electrons. The zero-order chi connectivity index (χ0) is 30.1. The van der Waals surface area contributed by atoms with Crippen molar-refractivity contribution in [2.24, 2.45) is 13.0 Å². The average Bonchev–Trinajstić information content (AvgIpc) is 3.21. The fourth-order valence-corrected chi connectivity index (χ4v) is 5.11. The molecule has 3 N–H and O–H groups in total. The number of hydrogen-bond acceptors (Lipinski definition) is 8. The van der Waals surface area contributed by atoms with Gasteiger partial charge in [-0.1, -0.05) is 30.3 Å². The van der Waals surface area contributed by atoms with Crippen molar-refractivity contribution in [2.75, 3.05) is 45.0 Å². The third-order valence-corrected chi connectivity index (χ3v) is 7.23. The Hall–Kier alpha value is -3.90. The molecule has 4 rings (SSSR count). The molecule has 11 heteroatoms. The average molecular weight is 582 g/mol. The van der Waals surface area contributed by atoms with Crippen LogP contribution in [-0.2, 0) is 30.8 Å². The van der Waals surface area contributed by atoms with Gasteiger partial charge in [-0.3, -0.25) is 14.3 Å². The molecule has 0 aliphatic carbocycles. The highest BCUT2D eigenvalue weighted by Gasteiger charge is 2.41. The van der Waals surface area contributed by atoms with Gasteiger partial charge in [-0.2, -0.15) is 0 Å². The van der Waals surface area contributed by atoms with Crippen molar-refractivity contribution >= 4 is 11.6 Å². The number of rotatable bonds is 14. The highest BCUT2D eigenvalue weighted by atomic mass is 16.7. The van der Waals surface area contributed by atoms with E-state index < -0.39 is 18.1 Å². The number of para-hydroxylation sites is 3. The molecule has 0 saturated heterocycles. The summed E-state index contributed by atoms with van der Waals surface area (Å²) in [5, 5.41) is 21.8. The van der Waals surface area contributed by atoms with Crippen LogP contribution in [0.1, 0.15) is 30.5 Å². The molecule has 1 aliphatic rings. The predicted molar refractivity (Wildman–Crippen MR) is 157 cm³/mol. The largest absolute Gasteiger partial charge is 0.506 e. The number of aliphatic hydroxyl groups is 1. The van der Waals surface area contributed by atoms with Gasteiger partial charge in [0.05, 0.1) is 37.8 Å². The first kappa shape index (κ1) is 31.0.